The fourth-order valence-electron chi connectivity index (χ4n) is 2.63. The number of benzene rings is 2. The number of hydrogen-bond donors (Lipinski definition) is 1. The summed E-state index contributed by atoms with van der Waals surface area (Å²) >= 11 is 6.20. The van der Waals surface area contributed by atoms with Crippen LogP contribution in [0.3, 0.4) is 0 Å². The van der Waals surface area contributed by atoms with Gasteiger partial charge in [-0.15, -0.1) is 0 Å². The standard InChI is InChI=1S/C19H21ClN2O3/c1-22(2)15-5-3-13(4-6-15)12-21-18(23)11-14-9-16(20)19-17(10-14)24-7-8-25-19/h3-6,9-10H,7-8,11-12H2,1-2H3,(H,21,23). The molecule has 1 N–H and O–H groups in total. The van der Waals surface area contributed by atoms with Crippen molar-refractivity contribution in [2.24, 2.45) is 0 Å². The average molecular weight is 361 g/mol. The van der Waals surface area contributed by atoms with Crippen LogP contribution < -0.4 is 19.7 Å². The molecular weight excluding hydrogens is 340 g/mol. The maximum atomic E-state index is 12.2. The molecule has 132 valence electrons. The van der Waals surface area contributed by atoms with Crippen molar-refractivity contribution in [1.82, 2.24) is 5.32 Å². The van der Waals surface area contributed by atoms with Gasteiger partial charge in [-0.1, -0.05) is 23.7 Å². The van der Waals surface area contributed by atoms with Crippen LogP contribution >= 0.6 is 11.6 Å². The van der Waals surface area contributed by atoms with E-state index >= 15 is 0 Å². The molecule has 0 unspecified atom stereocenters. The van der Waals surface area contributed by atoms with Crippen LogP contribution in [0.5, 0.6) is 11.5 Å². The van der Waals surface area contributed by atoms with Crippen molar-refractivity contribution in [3.05, 3.63) is 52.5 Å². The summed E-state index contributed by atoms with van der Waals surface area (Å²) in [7, 11) is 3.99. The third-order valence-corrected chi connectivity index (χ3v) is 4.24. The summed E-state index contributed by atoms with van der Waals surface area (Å²) in [6.45, 7) is 1.46. The normalized spacial score (nSPS) is 12.6. The number of nitrogens with one attached hydrogen (secondary N) is 1. The summed E-state index contributed by atoms with van der Waals surface area (Å²) in [6, 6.07) is 11.6. The fourth-order valence-corrected chi connectivity index (χ4v) is 2.91. The van der Waals surface area contributed by atoms with Crippen LogP contribution in [-0.2, 0) is 17.8 Å². The minimum Gasteiger partial charge on any atom is -0.486 e. The highest BCUT2D eigenvalue weighted by molar-refractivity contribution is 6.32. The van der Waals surface area contributed by atoms with Crippen molar-refractivity contribution in [2.75, 3.05) is 32.2 Å². The molecule has 2 aromatic rings. The molecule has 0 bridgehead atoms. The number of ether oxygens (including phenoxy) is 2. The zero-order valence-electron chi connectivity index (χ0n) is 14.3. The lowest BCUT2D eigenvalue weighted by molar-refractivity contribution is -0.120. The third-order valence-electron chi connectivity index (χ3n) is 3.96. The van der Waals surface area contributed by atoms with Crippen LogP contribution in [0.1, 0.15) is 11.1 Å². The van der Waals surface area contributed by atoms with Gasteiger partial charge in [-0.3, -0.25) is 4.79 Å². The van der Waals surface area contributed by atoms with Crippen molar-refractivity contribution >= 4 is 23.2 Å². The van der Waals surface area contributed by atoms with E-state index in [0.29, 0.717) is 36.3 Å². The molecular formula is C19H21ClN2O3. The molecule has 2 aromatic carbocycles. The smallest absolute Gasteiger partial charge is 0.224 e. The highest BCUT2D eigenvalue weighted by Gasteiger charge is 2.17. The molecule has 0 saturated carbocycles. The molecule has 25 heavy (non-hydrogen) atoms. The Hall–Kier alpha value is -2.40. The number of anilines is 1. The predicted octanol–water partition coefficient (Wildman–Crippen LogP) is 3.04. The van der Waals surface area contributed by atoms with Crippen LogP contribution in [-0.4, -0.2) is 33.2 Å². The summed E-state index contributed by atoms with van der Waals surface area (Å²) in [5, 5.41) is 3.40. The molecule has 0 spiro atoms. The van der Waals surface area contributed by atoms with Crippen LogP contribution in [0.15, 0.2) is 36.4 Å². The van der Waals surface area contributed by atoms with Gasteiger partial charge in [0.05, 0.1) is 11.4 Å². The molecule has 0 aliphatic carbocycles. The number of carbonyl (C=O) groups is 1. The van der Waals surface area contributed by atoms with Gasteiger partial charge in [0.2, 0.25) is 5.91 Å². The number of halogens is 1. The summed E-state index contributed by atoms with van der Waals surface area (Å²) in [5.74, 6) is 1.09. The van der Waals surface area contributed by atoms with Crippen molar-refractivity contribution in [1.29, 1.82) is 0 Å². The highest BCUT2D eigenvalue weighted by Crippen LogP contribution is 2.38. The van der Waals surface area contributed by atoms with Crippen molar-refractivity contribution in [3.63, 3.8) is 0 Å². The van der Waals surface area contributed by atoms with E-state index in [0.717, 1.165) is 16.8 Å². The lowest BCUT2D eigenvalue weighted by Gasteiger charge is -2.20. The molecule has 0 radical (unpaired) electrons. The van der Waals surface area contributed by atoms with E-state index in [1.54, 1.807) is 6.07 Å². The zero-order valence-corrected chi connectivity index (χ0v) is 15.1. The second kappa shape index (κ2) is 7.66. The van der Waals surface area contributed by atoms with Crippen LogP contribution in [0.2, 0.25) is 5.02 Å². The quantitative estimate of drug-likeness (QED) is 0.890. The maximum absolute atomic E-state index is 12.2. The summed E-state index contributed by atoms with van der Waals surface area (Å²) in [4.78, 5) is 14.2. The van der Waals surface area contributed by atoms with Gasteiger partial charge in [-0.2, -0.15) is 0 Å². The molecule has 5 nitrogen and oxygen atoms in total. The number of fused-ring (bicyclic) bond motifs is 1. The van der Waals surface area contributed by atoms with Crippen molar-refractivity contribution in [3.8, 4) is 11.5 Å². The molecule has 3 rings (SSSR count). The summed E-state index contributed by atoms with van der Waals surface area (Å²) < 4.78 is 11.0. The first-order valence-electron chi connectivity index (χ1n) is 8.14. The predicted molar refractivity (Wildman–Crippen MR) is 98.8 cm³/mol. The average Bonchev–Trinajstić information content (AvgIpc) is 2.60. The van der Waals surface area contributed by atoms with E-state index in [1.807, 2.05) is 49.3 Å². The minimum absolute atomic E-state index is 0.0653. The van der Waals surface area contributed by atoms with Crippen LogP contribution in [0.4, 0.5) is 5.69 Å². The monoisotopic (exact) mass is 360 g/mol. The van der Waals surface area contributed by atoms with Gasteiger partial charge in [-0.25, -0.2) is 0 Å². The van der Waals surface area contributed by atoms with E-state index in [4.69, 9.17) is 21.1 Å². The van der Waals surface area contributed by atoms with Crippen LogP contribution in [0.25, 0.3) is 0 Å². The Morgan fingerprint density at radius 2 is 1.84 bits per heavy atom. The first kappa shape index (κ1) is 17.4. The lowest BCUT2D eigenvalue weighted by atomic mass is 10.1. The number of rotatable bonds is 5. The van der Waals surface area contributed by atoms with Gasteiger partial charge >= 0.3 is 0 Å². The Morgan fingerprint density at radius 3 is 2.56 bits per heavy atom. The molecule has 1 aliphatic rings. The van der Waals surface area contributed by atoms with Gasteiger partial charge < -0.3 is 19.7 Å². The Morgan fingerprint density at radius 1 is 1.12 bits per heavy atom. The fraction of sp³-hybridized carbons (Fsp3) is 0.316. The summed E-state index contributed by atoms with van der Waals surface area (Å²) in [5.41, 5.74) is 2.98. The van der Waals surface area contributed by atoms with E-state index in [2.05, 4.69) is 5.32 Å². The SMILES string of the molecule is CN(C)c1ccc(CNC(=O)Cc2cc(Cl)c3c(c2)OCCO3)cc1. The molecule has 0 aromatic heterocycles. The summed E-state index contributed by atoms with van der Waals surface area (Å²) in [6.07, 6.45) is 0.242. The minimum atomic E-state index is -0.0653. The Kier molecular flexibility index (Phi) is 5.34. The number of amides is 1. The topological polar surface area (TPSA) is 50.8 Å². The van der Waals surface area contributed by atoms with Crippen molar-refractivity contribution in [2.45, 2.75) is 13.0 Å². The van der Waals surface area contributed by atoms with Crippen LogP contribution in [0, 0.1) is 0 Å². The second-order valence-corrected chi connectivity index (χ2v) is 6.52. The molecule has 1 heterocycles. The number of nitrogens with zero attached hydrogens (tertiary/aromatic N) is 1. The largest absolute Gasteiger partial charge is 0.486 e. The molecule has 1 amide bonds. The molecule has 6 heteroatoms. The van der Waals surface area contributed by atoms with Gasteiger partial charge in [0.15, 0.2) is 11.5 Å². The zero-order chi connectivity index (χ0) is 17.8. The number of hydrogen-bond acceptors (Lipinski definition) is 4. The van der Waals surface area contributed by atoms with Gasteiger partial charge in [0, 0.05) is 26.3 Å². The van der Waals surface area contributed by atoms with E-state index < -0.39 is 0 Å². The molecule has 0 atom stereocenters. The van der Waals surface area contributed by atoms with E-state index in [1.165, 1.54) is 0 Å². The molecule has 1 aliphatic heterocycles. The first-order chi connectivity index (χ1) is 12.0. The lowest BCUT2D eigenvalue weighted by Crippen LogP contribution is -2.24. The third kappa shape index (κ3) is 4.37. The maximum Gasteiger partial charge on any atom is 0.224 e. The Bertz CT molecular complexity index is 760. The van der Waals surface area contributed by atoms with Gasteiger partial charge in [0.25, 0.3) is 0 Å². The Labute approximate surface area is 152 Å². The first-order valence-corrected chi connectivity index (χ1v) is 8.51. The number of carbonyl (C=O) groups excluding carboxylic acids is 1. The van der Waals surface area contributed by atoms with E-state index in [9.17, 15) is 4.79 Å². The van der Waals surface area contributed by atoms with Gasteiger partial charge in [0.1, 0.15) is 13.2 Å². The van der Waals surface area contributed by atoms with Gasteiger partial charge in [-0.05, 0) is 35.4 Å². The van der Waals surface area contributed by atoms with E-state index in [-0.39, 0.29) is 12.3 Å². The highest BCUT2D eigenvalue weighted by atomic mass is 35.5. The molecule has 0 fully saturated rings. The Balaban J connectivity index is 1.58. The molecule has 0 saturated heterocycles. The van der Waals surface area contributed by atoms with Crippen molar-refractivity contribution < 1.29 is 14.3 Å². The second-order valence-electron chi connectivity index (χ2n) is 6.12.